The average Bonchev–Trinajstić information content (AvgIpc) is 2.96. The molecule has 21 heavy (non-hydrogen) atoms. The Kier molecular flexibility index (Phi) is 2.84. The molecule has 114 valence electrons. The summed E-state index contributed by atoms with van der Waals surface area (Å²) < 4.78 is 2.14. The smallest absolute Gasteiger partial charge is 0.120 e. The van der Waals surface area contributed by atoms with Crippen LogP contribution >= 0.6 is 11.3 Å². The lowest BCUT2D eigenvalue weighted by Gasteiger charge is -2.42. The Hall–Kier alpha value is -0.870. The van der Waals surface area contributed by atoms with E-state index in [1.165, 1.54) is 35.4 Å². The van der Waals surface area contributed by atoms with Crippen LogP contribution in [0.5, 0.6) is 0 Å². The van der Waals surface area contributed by atoms with E-state index < -0.39 is 6.10 Å². The van der Waals surface area contributed by atoms with E-state index in [9.17, 15) is 5.11 Å². The van der Waals surface area contributed by atoms with Gasteiger partial charge in [-0.2, -0.15) is 0 Å². The molecule has 4 heteroatoms. The maximum Gasteiger partial charge on any atom is 0.120 e. The summed E-state index contributed by atoms with van der Waals surface area (Å²) in [6.07, 6.45) is 9.49. The van der Waals surface area contributed by atoms with Gasteiger partial charge in [0, 0.05) is 10.3 Å². The van der Waals surface area contributed by atoms with Crippen molar-refractivity contribution in [3.05, 3.63) is 23.1 Å². The Bertz CT molecular complexity index is 682. The largest absolute Gasteiger partial charge is 0.386 e. The predicted molar refractivity (Wildman–Crippen MR) is 85.7 cm³/mol. The van der Waals surface area contributed by atoms with Gasteiger partial charge in [-0.15, -0.1) is 11.3 Å². The van der Waals surface area contributed by atoms with Crippen molar-refractivity contribution in [1.29, 1.82) is 0 Å². The first-order valence-electron chi connectivity index (χ1n) is 8.07. The van der Waals surface area contributed by atoms with E-state index >= 15 is 0 Å². The number of fused-ring (bicyclic) bond motifs is 1. The number of thiazole rings is 1. The molecule has 2 aromatic heterocycles. The molecule has 2 aromatic rings. The van der Waals surface area contributed by atoms with Crippen LogP contribution in [0.2, 0.25) is 0 Å². The molecule has 1 N–H and O–H groups in total. The molecule has 0 spiro atoms. The number of nitrogens with zero attached hydrogens (tertiary/aromatic N) is 2. The number of hydrogen-bond acceptors (Lipinski definition) is 3. The van der Waals surface area contributed by atoms with E-state index in [1.807, 2.05) is 23.9 Å². The van der Waals surface area contributed by atoms with E-state index in [0.29, 0.717) is 5.92 Å². The Morgan fingerprint density at radius 1 is 1.33 bits per heavy atom. The number of hydrogen-bond donors (Lipinski definition) is 1. The highest BCUT2D eigenvalue weighted by Gasteiger charge is 2.52. The van der Waals surface area contributed by atoms with Gasteiger partial charge in [0.2, 0.25) is 0 Å². The molecule has 2 unspecified atom stereocenters. The van der Waals surface area contributed by atoms with Crippen LogP contribution in [0.25, 0.3) is 4.83 Å². The Morgan fingerprint density at radius 2 is 2.10 bits per heavy atom. The lowest BCUT2D eigenvalue weighted by molar-refractivity contribution is -0.0335. The van der Waals surface area contributed by atoms with Crippen molar-refractivity contribution in [3.63, 3.8) is 0 Å². The van der Waals surface area contributed by atoms with Crippen molar-refractivity contribution in [2.75, 3.05) is 0 Å². The minimum absolute atomic E-state index is 0.0467. The zero-order valence-electron chi connectivity index (χ0n) is 13.1. The number of rotatable bonds is 3. The predicted octanol–water partition coefficient (Wildman–Crippen LogP) is 4.52. The molecule has 2 aliphatic rings. The summed E-state index contributed by atoms with van der Waals surface area (Å²) in [5.74, 6) is 0.674. The van der Waals surface area contributed by atoms with Gasteiger partial charge >= 0.3 is 0 Å². The summed E-state index contributed by atoms with van der Waals surface area (Å²) in [5, 5.41) is 11.3. The van der Waals surface area contributed by atoms with Crippen molar-refractivity contribution in [2.45, 2.75) is 64.9 Å². The molecule has 3 nitrogen and oxygen atoms in total. The number of aliphatic hydroxyl groups is 1. The summed E-state index contributed by atoms with van der Waals surface area (Å²) in [6, 6.07) is 0. The molecule has 0 amide bonds. The summed E-state index contributed by atoms with van der Waals surface area (Å²) in [6.45, 7) is 6.91. The van der Waals surface area contributed by atoms with Crippen LogP contribution in [0, 0.1) is 10.8 Å². The highest BCUT2D eigenvalue weighted by molar-refractivity contribution is 7.17. The third-order valence-electron chi connectivity index (χ3n) is 6.19. The van der Waals surface area contributed by atoms with Gasteiger partial charge in [0.1, 0.15) is 17.3 Å². The van der Waals surface area contributed by atoms with E-state index in [4.69, 9.17) is 0 Å². The fourth-order valence-electron chi connectivity index (χ4n) is 4.06. The minimum atomic E-state index is -0.395. The summed E-state index contributed by atoms with van der Waals surface area (Å²) in [7, 11) is 0. The fraction of sp³-hybridized carbons (Fsp3) is 0.706. The van der Waals surface area contributed by atoms with Gasteiger partial charge in [0.25, 0.3) is 0 Å². The number of aliphatic hydroxyl groups excluding tert-OH is 1. The van der Waals surface area contributed by atoms with E-state index in [1.54, 1.807) is 0 Å². The van der Waals surface area contributed by atoms with Crippen molar-refractivity contribution >= 4 is 16.2 Å². The standard InChI is InChI=1S/C17H24N2OS/c1-16(2)7-4-8-17(16,3)15(20)13-14(11-5-6-11)21-12-9-18-10-19(12)13/h9-11,15,20H,4-8H2,1-3H3. The first kappa shape index (κ1) is 13.8. The van der Waals surface area contributed by atoms with Crippen LogP contribution in [0.3, 0.4) is 0 Å². The van der Waals surface area contributed by atoms with Gasteiger partial charge in [0.15, 0.2) is 0 Å². The topological polar surface area (TPSA) is 37.5 Å². The average molecular weight is 304 g/mol. The molecular weight excluding hydrogens is 280 g/mol. The second-order valence-corrected chi connectivity index (χ2v) is 8.85. The molecule has 0 aliphatic heterocycles. The number of aromatic nitrogens is 2. The summed E-state index contributed by atoms with van der Waals surface area (Å²) >= 11 is 1.83. The van der Waals surface area contributed by atoms with Crippen LogP contribution in [0.1, 0.15) is 75.5 Å². The van der Waals surface area contributed by atoms with Crippen LogP contribution in [-0.4, -0.2) is 14.5 Å². The highest BCUT2D eigenvalue weighted by atomic mass is 32.1. The Labute approximate surface area is 130 Å². The monoisotopic (exact) mass is 304 g/mol. The lowest BCUT2D eigenvalue weighted by atomic mass is 9.65. The minimum Gasteiger partial charge on any atom is -0.386 e. The Balaban J connectivity index is 1.85. The quantitative estimate of drug-likeness (QED) is 0.905. The van der Waals surface area contributed by atoms with Crippen LogP contribution in [0.4, 0.5) is 0 Å². The highest BCUT2D eigenvalue weighted by Crippen LogP contribution is 2.60. The summed E-state index contributed by atoms with van der Waals surface area (Å²) in [5.41, 5.74) is 1.27. The summed E-state index contributed by atoms with van der Waals surface area (Å²) in [4.78, 5) is 6.85. The lowest BCUT2D eigenvalue weighted by Crippen LogP contribution is -2.36. The fourth-order valence-corrected chi connectivity index (χ4v) is 5.36. The first-order chi connectivity index (χ1) is 9.94. The number of imidazole rings is 1. The second-order valence-electron chi connectivity index (χ2n) is 7.79. The molecule has 2 fully saturated rings. The Morgan fingerprint density at radius 3 is 2.71 bits per heavy atom. The van der Waals surface area contributed by atoms with Gasteiger partial charge in [-0.3, -0.25) is 4.40 Å². The van der Waals surface area contributed by atoms with Gasteiger partial charge < -0.3 is 5.11 Å². The molecule has 4 rings (SSSR count). The zero-order chi connectivity index (χ0) is 14.8. The molecule has 0 saturated heterocycles. The maximum atomic E-state index is 11.3. The third-order valence-corrected chi connectivity index (χ3v) is 7.46. The van der Waals surface area contributed by atoms with Gasteiger partial charge in [-0.1, -0.05) is 27.2 Å². The van der Waals surface area contributed by atoms with Gasteiger partial charge in [-0.25, -0.2) is 4.98 Å². The maximum absolute atomic E-state index is 11.3. The van der Waals surface area contributed by atoms with E-state index in [2.05, 4.69) is 30.2 Å². The molecule has 2 aliphatic carbocycles. The SMILES string of the molecule is CC1(C)CCCC1(C)C(O)c1c(C2CC2)sc2cncn12. The van der Waals surface area contributed by atoms with Gasteiger partial charge in [-0.05, 0) is 37.0 Å². The van der Waals surface area contributed by atoms with Crippen LogP contribution in [-0.2, 0) is 0 Å². The normalized spacial score (nSPS) is 30.1. The van der Waals surface area contributed by atoms with Crippen LogP contribution in [0.15, 0.2) is 12.5 Å². The second kappa shape index (κ2) is 4.32. The zero-order valence-corrected chi connectivity index (χ0v) is 13.9. The molecule has 2 atom stereocenters. The molecule has 2 heterocycles. The molecule has 0 bridgehead atoms. The van der Waals surface area contributed by atoms with Crippen molar-refractivity contribution in [2.24, 2.45) is 10.8 Å². The molecular formula is C17H24N2OS. The van der Waals surface area contributed by atoms with Crippen LogP contribution < -0.4 is 0 Å². The molecule has 0 aromatic carbocycles. The van der Waals surface area contributed by atoms with Crippen molar-refractivity contribution in [1.82, 2.24) is 9.38 Å². The van der Waals surface area contributed by atoms with E-state index in [-0.39, 0.29) is 10.8 Å². The van der Waals surface area contributed by atoms with Crippen molar-refractivity contribution < 1.29 is 5.11 Å². The van der Waals surface area contributed by atoms with E-state index in [0.717, 1.165) is 12.1 Å². The van der Waals surface area contributed by atoms with Crippen molar-refractivity contribution in [3.8, 4) is 0 Å². The van der Waals surface area contributed by atoms with Gasteiger partial charge in [0.05, 0.1) is 11.9 Å². The molecule has 0 radical (unpaired) electrons. The first-order valence-corrected chi connectivity index (χ1v) is 8.88. The molecule has 2 saturated carbocycles. The third kappa shape index (κ3) is 1.85.